The molecule has 20 heavy (non-hydrogen) atoms. The number of carbonyl (C=O) groups excluding carboxylic acids is 1. The highest BCUT2D eigenvalue weighted by Crippen LogP contribution is 2.27. The topological polar surface area (TPSA) is 105 Å². The number of hydrogen-bond acceptors (Lipinski definition) is 5. The quantitative estimate of drug-likeness (QED) is 0.829. The lowest BCUT2D eigenvalue weighted by atomic mass is 10.4. The van der Waals surface area contributed by atoms with E-state index in [1.807, 2.05) is 0 Å². The van der Waals surface area contributed by atoms with E-state index in [0.29, 0.717) is 11.6 Å². The van der Waals surface area contributed by atoms with Gasteiger partial charge in [-0.2, -0.15) is 4.98 Å². The van der Waals surface area contributed by atoms with Crippen LogP contribution in [0.1, 0.15) is 18.5 Å². The second-order valence-corrected chi connectivity index (χ2v) is 4.56. The number of nitrogens with one attached hydrogen (secondary N) is 1. The molecule has 2 rings (SSSR count). The molecular formula is C12H16N4O4. The summed E-state index contributed by atoms with van der Waals surface area (Å²) in [5.41, 5.74) is 0.642. The average Bonchev–Trinajstić information content (AvgIpc) is 3.19. The Bertz CT molecular complexity index is 530. The van der Waals surface area contributed by atoms with Crippen LogP contribution in [0.2, 0.25) is 0 Å². The number of anilines is 1. The van der Waals surface area contributed by atoms with E-state index in [0.717, 1.165) is 12.8 Å². The van der Waals surface area contributed by atoms with Crippen LogP contribution in [0.25, 0.3) is 0 Å². The normalized spacial score (nSPS) is 13.7. The number of hydrogen-bond donors (Lipinski definition) is 2. The lowest BCUT2D eigenvalue weighted by Gasteiger charge is -2.20. The van der Waals surface area contributed by atoms with Gasteiger partial charge in [-0.1, -0.05) is 0 Å². The van der Waals surface area contributed by atoms with Gasteiger partial charge in [0.15, 0.2) is 0 Å². The minimum Gasteiger partial charge on any atom is -0.481 e. The largest absolute Gasteiger partial charge is 0.481 e. The zero-order chi connectivity index (χ0) is 14.7. The van der Waals surface area contributed by atoms with Crippen LogP contribution in [0.5, 0.6) is 5.88 Å². The molecule has 2 N–H and O–H groups in total. The van der Waals surface area contributed by atoms with Crippen LogP contribution < -0.4 is 10.1 Å². The van der Waals surface area contributed by atoms with Crippen LogP contribution >= 0.6 is 0 Å². The van der Waals surface area contributed by atoms with Gasteiger partial charge in [0.1, 0.15) is 6.54 Å². The molecule has 8 nitrogen and oxygen atoms in total. The van der Waals surface area contributed by atoms with Crippen molar-refractivity contribution < 1.29 is 19.4 Å². The molecule has 0 bridgehead atoms. The van der Waals surface area contributed by atoms with Gasteiger partial charge in [0, 0.05) is 17.8 Å². The molecule has 0 aliphatic heterocycles. The molecule has 0 saturated heterocycles. The molecule has 1 aromatic rings. The van der Waals surface area contributed by atoms with E-state index in [9.17, 15) is 9.59 Å². The van der Waals surface area contributed by atoms with Crippen molar-refractivity contribution in [3.8, 4) is 5.88 Å². The fraction of sp³-hybridized carbons (Fsp3) is 0.500. The third kappa shape index (κ3) is 3.56. The van der Waals surface area contributed by atoms with Gasteiger partial charge in [0.25, 0.3) is 0 Å². The van der Waals surface area contributed by atoms with Crippen LogP contribution in [0, 0.1) is 6.92 Å². The van der Waals surface area contributed by atoms with Crippen molar-refractivity contribution in [1.82, 2.24) is 14.9 Å². The predicted octanol–water partition coefficient (Wildman–Crippen LogP) is 0.875. The highest BCUT2D eigenvalue weighted by molar-refractivity contribution is 5.90. The first kappa shape index (κ1) is 14.0. The molecule has 0 radical (unpaired) electrons. The Balaban J connectivity index is 2.09. The maximum absolute atomic E-state index is 12.1. The van der Waals surface area contributed by atoms with Crippen molar-refractivity contribution in [2.75, 3.05) is 19.0 Å². The van der Waals surface area contributed by atoms with Gasteiger partial charge >= 0.3 is 12.0 Å². The van der Waals surface area contributed by atoms with Gasteiger partial charge in [0.05, 0.1) is 7.11 Å². The molecule has 0 unspecified atom stereocenters. The predicted molar refractivity (Wildman–Crippen MR) is 69.7 cm³/mol. The van der Waals surface area contributed by atoms with E-state index in [1.54, 1.807) is 13.0 Å². The molecule has 1 heterocycles. The Kier molecular flexibility index (Phi) is 4.02. The number of amides is 2. The van der Waals surface area contributed by atoms with Crippen molar-refractivity contribution in [3.05, 3.63) is 11.8 Å². The van der Waals surface area contributed by atoms with E-state index in [-0.39, 0.29) is 18.5 Å². The Labute approximate surface area is 115 Å². The van der Waals surface area contributed by atoms with Crippen LogP contribution in [-0.4, -0.2) is 51.7 Å². The van der Waals surface area contributed by atoms with Crippen molar-refractivity contribution >= 4 is 17.9 Å². The number of carboxylic acids is 1. The fourth-order valence-electron chi connectivity index (χ4n) is 1.77. The van der Waals surface area contributed by atoms with Crippen molar-refractivity contribution in [2.45, 2.75) is 25.8 Å². The maximum atomic E-state index is 12.1. The Morgan fingerprint density at radius 2 is 2.20 bits per heavy atom. The number of carboxylic acid groups (broad SMARTS) is 1. The van der Waals surface area contributed by atoms with Crippen LogP contribution in [0.4, 0.5) is 10.7 Å². The third-order valence-electron chi connectivity index (χ3n) is 2.81. The van der Waals surface area contributed by atoms with Gasteiger partial charge in [-0.3, -0.25) is 10.1 Å². The Hall–Kier alpha value is -2.38. The van der Waals surface area contributed by atoms with Crippen LogP contribution in [-0.2, 0) is 4.79 Å². The summed E-state index contributed by atoms with van der Waals surface area (Å²) in [4.78, 5) is 32.2. The molecule has 1 fully saturated rings. The van der Waals surface area contributed by atoms with E-state index >= 15 is 0 Å². The minimum atomic E-state index is -1.05. The first-order chi connectivity index (χ1) is 9.49. The smallest absolute Gasteiger partial charge is 0.325 e. The number of carbonyl (C=O) groups is 2. The second kappa shape index (κ2) is 5.72. The summed E-state index contributed by atoms with van der Waals surface area (Å²) < 4.78 is 4.99. The number of rotatable bonds is 5. The molecule has 1 saturated carbocycles. The van der Waals surface area contributed by atoms with Crippen LogP contribution in [0.3, 0.4) is 0 Å². The lowest BCUT2D eigenvalue weighted by Crippen LogP contribution is -2.40. The molecule has 2 amide bonds. The van der Waals surface area contributed by atoms with Crippen molar-refractivity contribution in [3.63, 3.8) is 0 Å². The van der Waals surface area contributed by atoms with E-state index in [1.165, 1.54) is 12.0 Å². The minimum absolute atomic E-state index is 0.0159. The molecule has 0 atom stereocenters. The summed E-state index contributed by atoms with van der Waals surface area (Å²) in [6.45, 7) is 1.41. The number of aliphatic carboxylic acids is 1. The number of nitrogens with zero attached hydrogens (tertiary/aromatic N) is 3. The van der Waals surface area contributed by atoms with Gasteiger partial charge < -0.3 is 14.7 Å². The Morgan fingerprint density at radius 1 is 1.50 bits per heavy atom. The zero-order valence-corrected chi connectivity index (χ0v) is 11.3. The SMILES string of the molecule is COc1cc(C)nc(NC(=O)N(CC(=O)O)C2CC2)n1. The summed E-state index contributed by atoms with van der Waals surface area (Å²) in [6.07, 6.45) is 1.64. The molecule has 1 aliphatic carbocycles. The monoisotopic (exact) mass is 280 g/mol. The highest BCUT2D eigenvalue weighted by Gasteiger charge is 2.34. The Morgan fingerprint density at radius 3 is 2.75 bits per heavy atom. The van der Waals surface area contributed by atoms with E-state index in [4.69, 9.17) is 9.84 Å². The molecule has 108 valence electrons. The molecule has 1 aromatic heterocycles. The average molecular weight is 280 g/mol. The second-order valence-electron chi connectivity index (χ2n) is 4.56. The van der Waals surface area contributed by atoms with Crippen molar-refractivity contribution in [1.29, 1.82) is 0 Å². The molecule has 0 aromatic carbocycles. The standard InChI is InChI=1S/C12H16N4O4/c1-7-5-9(20-2)14-11(13-7)15-12(19)16(6-10(17)18)8-3-4-8/h5,8H,3-4,6H2,1-2H3,(H,17,18)(H,13,14,15,19). The summed E-state index contributed by atoms with van der Waals surface area (Å²) in [7, 11) is 1.47. The summed E-state index contributed by atoms with van der Waals surface area (Å²) in [5.74, 6) is -0.610. The van der Waals surface area contributed by atoms with Crippen LogP contribution in [0.15, 0.2) is 6.07 Å². The van der Waals surface area contributed by atoms with Gasteiger partial charge in [-0.05, 0) is 19.8 Å². The van der Waals surface area contributed by atoms with Gasteiger partial charge in [-0.15, -0.1) is 0 Å². The number of aryl methyl sites for hydroxylation is 1. The number of methoxy groups -OCH3 is 1. The summed E-state index contributed by atoms with van der Waals surface area (Å²) in [6, 6.07) is 1.10. The van der Waals surface area contributed by atoms with Gasteiger partial charge in [0.2, 0.25) is 11.8 Å². The molecule has 8 heteroatoms. The lowest BCUT2D eigenvalue weighted by molar-refractivity contribution is -0.137. The van der Waals surface area contributed by atoms with Crippen molar-refractivity contribution in [2.24, 2.45) is 0 Å². The number of aromatic nitrogens is 2. The maximum Gasteiger partial charge on any atom is 0.325 e. The molecule has 0 spiro atoms. The van der Waals surface area contributed by atoms with Gasteiger partial charge in [-0.25, -0.2) is 9.78 Å². The zero-order valence-electron chi connectivity index (χ0n) is 11.3. The summed E-state index contributed by atoms with van der Waals surface area (Å²) in [5, 5.41) is 11.3. The summed E-state index contributed by atoms with van der Waals surface area (Å²) >= 11 is 0. The molecular weight excluding hydrogens is 264 g/mol. The number of urea groups is 1. The van der Waals surface area contributed by atoms with E-state index in [2.05, 4.69) is 15.3 Å². The highest BCUT2D eigenvalue weighted by atomic mass is 16.5. The fourth-order valence-corrected chi connectivity index (χ4v) is 1.77. The number of ether oxygens (including phenoxy) is 1. The first-order valence-corrected chi connectivity index (χ1v) is 6.18. The van der Waals surface area contributed by atoms with E-state index < -0.39 is 12.0 Å². The third-order valence-corrected chi connectivity index (χ3v) is 2.81. The molecule has 1 aliphatic rings. The first-order valence-electron chi connectivity index (χ1n) is 6.18.